The minimum absolute atomic E-state index is 0.127. The standard InChI is InChI=1S/C13H14N2O3S/c1-11(9-14)19(17,18)15-10-13-6-4-12(5-7-13)3-2-8-16/h4-7,11,15-16H,8,10H2,1H3. The van der Waals surface area contributed by atoms with Crippen molar-refractivity contribution in [3.63, 3.8) is 0 Å². The molecule has 100 valence electrons. The first-order valence-corrected chi connectivity index (χ1v) is 7.11. The second-order valence-electron chi connectivity index (χ2n) is 3.79. The maximum atomic E-state index is 11.6. The van der Waals surface area contributed by atoms with Gasteiger partial charge in [-0.2, -0.15) is 5.26 Å². The summed E-state index contributed by atoms with van der Waals surface area (Å²) in [4.78, 5) is 0. The van der Waals surface area contributed by atoms with Crippen molar-refractivity contribution in [2.24, 2.45) is 0 Å². The van der Waals surface area contributed by atoms with Gasteiger partial charge in [-0.3, -0.25) is 0 Å². The quantitative estimate of drug-likeness (QED) is 0.778. The molecule has 0 aliphatic carbocycles. The second-order valence-corrected chi connectivity index (χ2v) is 5.88. The van der Waals surface area contributed by atoms with Crippen molar-refractivity contribution in [2.45, 2.75) is 18.7 Å². The topological polar surface area (TPSA) is 90.2 Å². The summed E-state index contributed by atoms with van der Waals surface area (Å²) in [7, 11) is -3.60. The second kappa shape index (κ2) is 6.91. The highest BCUT2D eigenvalue weighted by Gasteiger charge is 2.19. The molecule has 1 unspecified atom stereocenters. The maximum Gasteiger partial charge on any atom is 0.227 e. The average Bonchev–Trinajstić information content (AvgIpc) is 2.43. The number of nitriles is 1. The molecule has 0 saturated heterocycles. The first-order chi connectivity index (χ1) is 8.99. The molecule has 0 heterocycles. The Morgan fingerprint density at radius 3 is 2.53 bits per heavy atom. The molecule has 1 atom stereocenters. The summed E-state index contributed by atoms with van der Waals surface area (Å²) in [6, 6.07) is 8.63. The lowest BCUT2D eigenvalue weighted by atomic mass is 10.1. The van der Waals surface area contributed by atoms with E-state index in [1.807, 2.05) is 0 Å². The fourth-order valence-corrected chi connectivity index (χ4v) is 1.98. The molecule has 0 bridgehead atoms. The number of aliphatic hydroxyl groups excluding tert-OH is 1. The number of aliphatic hydroxyl groups is 1. The number of nitrogens with one attached hydrogen (secondary N) is 1. The van der Waals surface area contributed by atoms with Crippen molar-refractivity contribution in [2.75, 3.05) is 6.61 Å². The lowest BCUT2D eigenvalue weighted by molar-refractivity contribution is 0.350. The van der Waals surface area contributed by atoms with Crippen molar-refractivity contribution < 1.29 is 13.5 Å². The van der Waals surface area contributed by atoms with Gasteiger partial charge < -0.3 is 5.11 Å². The summed E-state index contributed by atoms with van der Waals surface area (Å²) in [5, 5.41) is 16.1. The van der Waals surface area contributed by atoms with Gasteiger partial charge in [0.2, 0.25) is 10.0 Å². The van der Waals surface area contributed by atoms with E-state index in [4.69, 9.17) is 10.4 Å². The van der Waals surface area contributed by atoms with Crippen molar-refractivity contribution in [3.8, 4) is 17.9 Å². The van der Waals surface area contributed by atoms with Gasteiger partial charge in [-0.1, -0.05) is 24.0 Å². The SMILES string of the molecule is CC(C#N)S(=O)(=O)NCc1ccc(C#CCO)cc1. The van der Waals surface area contributed by atoms with Crippen LogP contribution in [0.25, 0.3) is 0 Å². The van der Waals surface area contributed by atoms with E-state index in [0.717, 1.165) is 11.1 Å². The molecule has 0 aromatic heterocycles. The van der Waals surface area contributed by atoms with Gasteiger partial charge in [0, 0.05) is 12.1 Å². The first kappa shape index (κ1) is 15.2. The molecule has 0 saturated carbocycles. The predicted octanol–water partition coefficient (Wildman–Crippen LogP) is 0.362. The molecule has 0 radical (unpaired) electrons. The highest BCUT2D eigenvalue weighted by atomic mass is 32.2. The number of rotatable bonds is 4. The molecule has 0 aliphatic rings. The normalized spacial score (nSPS) is 12.1. The minimum atomic E-state index is -3.60. The Hall–Kier alpha value is -1.86. The Balaban J connectivity index is 2.68. The van der Waals surface area contributed by atoms with Crippen LogP contribution in [0.3, 0.4) is 0 Å². The van der Waals surface area contributed by atoms with Crippen molar-refractivity contribution in [1.29, 1.82) is 5.26 Å². The zero-order valence-corrected chi connectivity index (χ0v) is 11.2. The Labute approximate surface area is 112 Å². The molecule has 1 aromatic carbocycles. The number of nitrogens with zero attached hydrogens (tertiary/aromatic N) is 1. The Morgan fingerprint density at radius 1 is 1.37 bits per heavy atom. The summed E-state index contributed by atoms with van der Waals surface area (Å²) in [5.41, 5.74) is 1.51. The summed E-state index contributed by atoms with van der Waals surface area (Å²) in [6.45, 7) is 1.26. The van der Waals surface area contributed by atoms with Crippen LogP contribution >= 0.6 is 0 Å². The van der Waals surface area contributed by atoms with Crippen LogP contribution in [0.1, 0.15) is 18.1 Å². The summed E-state index contributed by atoms with van der Waals surface area (Å²) < 4.78 is 25.5. The highest BCUT2D eigenvalue weighted by molar-refractivity contribution is 7.90. The molecule has 1 aromatic rings. The number of benzene rings is 1. The molecule has 0 amide bonds. The number of hydrogen-bond donors (Lipinski definition) is 2. The van der Waals surface area contributed by atoms with Gasteiger partial charge in [-0.15, -0.1) is 0 Å². The molecular formula is C13H14N2O3S. The number of hydrogen-bond acceptors (Lipinski definition) is 4. The molecule has 2 N–H and O–H groups in total. The Bertz CT molecular complexity index is 619. The van der Waals surface area contributed by atoms with Gasteiger partial charge >= 0.3 is 0 Å². The van der Waals surface area contributed by atoms with Crippen molar-refractivity contribution in [1.82, 2.24) is 4.72 Å². The first-order valence-electron chi connectivity index (χ1n) is 5.56. The van der Waals surface area contributed by atoms with Gasteiger partial charge in [0.05, 0.1) is 6.07 Å². The monoisotopic (exact) mass is 278 g/mol. The molecule has 0 aliphatic heterocycles. The molecular weight excluding hydrogens is 264 g/mol. The zero-order chi connectivity index (χ0) is 14.3. The molecule has 5 nitrogen and oxygen atoms in total. The predicted molar refractivity (Wildman–Crippen MR) is 71.2 cm³/mol. The smallest absolute Gasteiger partial charge is 0.227 e. The lowest BCUT2D eigenvalue weighted by Crippen LogP contribution is -2.31. The van der Waals surface area contributed by atoms with E-state index in [1.54, 1.807) is 30.3 Å². The summed E-state index contributed by atoms with van der Waals surface area (Å²) in [6.07, 6.45) is 0. The fourth-order valence-electron chi connectivity index (χ4n) is 1.23. The van der Waals surface area contributed by atoms with Gasteiger partial charge in [0.25, 0.3) is 0 Å². The van der Waals surface area contributed by atoms with E-state index >= 15 is 0 Å². The van der Waals surface area contributed by atoms with Crippen LogP contribution in [0.4, 0.5) is 0 Å². The van der Waals surface area contributed by atoms with Gasteiger partial charge in [0.15, 0.2) is 5.25 Å². The van der Waals surface area contributed by atoms with E-state index in [-0.39, 0.29) is 13.2 Å². The molecule has 19 heavy (non-hydrogen) atoms. The molecule has 0 spiro atoms. The molecule has 6 heteroatoms. The average molecular weight is 278 g/mol. The maximum absolute atomic E-state index is 11.6. The van der Waals surface area contributed by atoms with Gasteiger partial charge in [0.1, 0.15) is 6.61 Å². The minimum Gasteiger partial charge on any atom is -0.384 e. The van der Waals surface area contributed by atoms with Crippen LogP contribution in [-0.4, -0.2) is 25.4 Å². The Kier molecular flexibility index (Phi) is 5.53. The van der Waals surface area contributed by atoms with Crippen molar-refractivity contribution in [3.05, 3.63) is 35.4 Å². The van der Waals surface area contributed by atoms with Gasteiger partial charge in [-0.05, 0) is 24.6 Å². The van der Waals surface area contributed by atoms with E-state index in [1.165, 1.54) is 6.92 Å². The van der Waals surface area contributed by atoms with E-state index in [9.17, 15) is 8.42 Å². The summed E-state index contributed by atoms with van der Waals surface area (Å²) in [5.74, 6) is 5.26. The summed E-state index contributed by atoms with van der Waals surface area (Å²) >= 11 is 0. The van der Waals surface area contributed by atoms with Crippen LogP contribution in [0.15, 0.2) is 24.3 Å². The van der Waals surface area contributed by atoms with Crippen LogP contribution < -0.4 is 4.72 Å². The zero-order valence-electron chi connectivity index (χ0n) is 10.4. The van der Waals surface area contributed by atoms with Crippen LogP contribution in [0.5, 0.6) is 0 Å². The molecule has 0 fully saturated rings. The largest absolute Gasteiger partial charge is 0.384 e. The van der Waals surface area contributed by atoms with Crippen molar-refractivity contribution >= 4 is 10.0 Å². The van der Waals surface area contributed by atoms with Crippen LogP contribution in [0, 0.1) is 23.2 Å². The third-order valence-electron chi connectivity index (χ3n) is 2.39. The Morgan fingerprint density at radius 2 is 2.00 bits per heavy atom. The van der Waals surface area contributed by atoms with E-state index in [2.05, 4.69) is 16.6 Å². The van der Waals surface area contributed by atoms with Gasteiger partial charge in [-0.25, -0.2) is 13.1 Å². The highest BCUT2D eigenvalue weighted by Crippen LogP contribution is 2.05. The van der Waals surface area contributed by atoms with E-state index < -0.39 is 15.3 Å². The molecule has 1 rings (SSSR count). The fraction of sp³-hybridized carbons (Fsp3) is 0.308. The third-order valence-corrected chi connectivity index (χ3v) is 3.97. The third kappa shape index (κ3) is 4.72. The van der Waals surface area contributed by atoms with Crippen LogP contribution in [0.2, 0.25) is 0 Å². The lowest BCUT2D eigenvalue weighted by Gasteiger charge is -2.07. The van der Waals surface area contributed by atoms with E-state index in [0.29, 0.717) is 0 Å². The van der Waals surface area contributed by atoms with Crippen LogP contribution in [-0.2, 0) is 16.6 Å². The number of sulfonamides is 1.